The van der Waals surface area contributed by atoms with Gasteiger partial charge in [-0.15, -0.1) is 0 Å². The van der Waals surface area contributed by atoms with E-state index in [-0.39, 0.29) is 5.41 Å². The first-order valence-electron chi connectivity index (χ1n) is 10.3. The monoisotopic (exact) mass is 355 g/mol. The van der Waals surface area contributed by atoms with Gasteiger partial charge < -0.3 is 9.80 Å². The Morgan fingerprint density at radius 1 is 1.12 bits per heavy atom. The Balaban J connectivity index is 1.46. The molecule has 142 valence electrons. The number of rotatable bonds is 5. The van der Waals surface area contributed by atoms with E-state index in [0.717, 1.165) is 52.1 Å². The fourth-order valence-electron chi connectivity index (χ4n) is 5.71. The molecule has 0 bridgehead atoms. The third-order valence-corrected chi connectivity index (χ3v) is 6.73. The number of fused-ring (bicyclic) bond motifs is 1. The van der Waals surface area contributed by atoms with Crippen molar-refractivity contribution in [1.29, 1.82) is 0 Å². The predicted octanol–water partition coefficient (Wildman–Crippen LogP) is 2.70. The summed E-state index contributed by atoms with van der Waals surface area (Å²) in [5, 5.41) is 0. The van der Waals surface area contributed by atoms with Gasteiger partial charge in [0.2, 0.25) is 5.91 Å². The fourth-order valence-corrected chi connectivity index (χ4v) is 5.71. The van der Waals surface area contributed by atoms with Crippen molar-refractivity contribution in [2.24, 2.45) is 17.3 Å². The molecule has 2 atom stereocenters. The Bertz CT molecular complexity index is 626. The van der Waals surface area contributed by atoms with Gasteiger partial charge >= 0.3 is 0 Å². The third kappa shape index (κ3) is 3.54. The lowest BCUT2D eigenvalue weighted by Gasteiger charge is -2.32. The zero-order chi connectivity index (χ0) is 18.1. The van der Waals surface area contributed by atoms with E-state index in [1.165, 1.54) is 18.4 Å². The van der Waals surface area contributed by atoms with Crippen LogP contribution in [0.4, 0.5) is 0 Å². The normalized spacial score (nSPS) is 29.7. The lowest BCUT2D eigenvalue weighted by molar-refractivity contribution is -0.135. The van der Waals surface area contributed by atoms with Crippen molar-refractivity contribution in [3.8, 4) is 0 Å². The number of carbonyl (C=O) groups excluding carboxylic acids is 1. The van der Waals surface area contributed by atoms with Crippen molar-refractivity contribution in [2.75, 3.05) is 46.8 Å². The molecule has 1 saturated carbocycles. The number of amides is 1. The third-order valence-electron chi connectivity index (χ3n) is 6.73. The molecule has 0 unspecified atom stereocenters. The maximum absolute atomic E-state index is 13.0. The zero-order valence-electron chi connectivity index (χ0n) is 16.4. The number of hydrogen-bond acceptors (Lipinski definition) is 3. The van der Waals surface area contributed by atoms with E-state index >= 15 is 0 Å². The number of nitrogens with zero attached hydrogens (tertiary/aromatic N) is 3. The largest absolute Gasteiger partial charge is 0.341 e. The molecule has 1 amide bonds. The molecule has 2 heterocycles. The van der Waals surface area contributed by atoms with E-state index in [4.69, 9.17) is 0 Å². The van der Waals surface area contributed by atoms with E-state index < -0.39 is 0 Å². The van der Waals surface area contributed by atoms with Gasteiger partial charge in [0.25, 0.3) is 0 Å². The van der Waals surface area contributed by atoms with Crippen molar-refractivity contribution in [1.82, 2.24) is 14.7 Å². The molecule has 1 aromatic carbocycles. The molecule has 4 heteroatoms. The van der Waals surface area contributed by atoms with Gasteiger partial charge in [0.05, 0.1) is 0 Å². The van der Waals surface area contributed by atoms with Gasteiger partial charge in [0.15, 0.2) is 0 Å². The van der Waals surface area contributed by atoms with Gasteiger partial charge in [-0.2, -0.15) is 0 Å². The molecule has 3 fully saturated rings. The molecule has 1 aromatic rings. The second-order valence-electron chi connectivity index (χ2n) is 9.15. The second-order valence-corrected chi connectivity index (χ2v) is 9.15. The second kappa shape index (κ2) is 7.32. The Hall–Kier alpha value is -1.39. The van der Waals surface area contributed by atoms with Crippen LogP contribution in [0.15, 0.2) is 30.3 Å². The summed E-state index contributed by atoms with van der Waals surface area (Å²) in [6, 6.07) is 10.8. The molecule has 0 spiro atoms. The molecule has 0 aromatic heterocycles. The highest BCUT2D eigenvalue weighted by Gasteiger charge is 2.53. The SMILES string of the molecule is CN(C)C[C@@]12CN(Cc3ccccc3)C[C@@H]1CN(C(=O)C1CCCC1)C2. The van der Waals surface area contributed by atoms with Gasteiger partial charge in [-0.1, -0.05) is 43.2 Å². The molecule has 2 aliphatic heterocycles. The van der Waals surface area contributed by atoms with Crippen LogP contribution < -0.4 is 0 Å². The summed E-state index contributed by atoms with van der Waals surface area (Å²) >= 11 is 0. The minimum atomic E-state index is 0.243. The van der Waals surface area contributed by atoms with Gasteiger partial charge in [0.1, 0.15) is 0 Å². The predicted molar refractivity (Wildman–Crippen MR) is 105 cm³/mol. The first-order chi connectivity index (χ1) is 12.6. The molecule has 4 nitrogen and oxygen atoms in total. The smallest absolute Gasteiger partial charge is 0.225 e. The van der Waals surface area contributed by atoms with Crippen molar-refractivity contribution in [2.45, 2.75) is 32.2 Å². The zero-order valence-corrected chi connectivity index (χ0v) is 16.4. The Morgan fingerprint density at radius 2 is 1.85 bits per heavy atom. The van der Waals surface area contributed by atoms with E-state index in [2.05, 4.69) is 59.1 Å². The molecule has 3 aliphatic rings. The van der Waals surface area contributed by atoms with Crippen LogP contribution in [-0.2, 0) is 11.3 Å². The molecular weight excluding hydrogens is 322 g/mol. The van der Waals surface area contributed by atoms with Crippen molar-refractivity contribution < 1.29 is 4.79 Å². The molecule has 26 heavy (non-hydrogen) atoms. The minimum Gasteiger partial charge on any atom is -0.341 e. The van der Waals surface area contributed by atoms with E-state index in [1.807, 2.05) is 0 Å². The van der Waals surface area contributed by atoms with Crippen molar-refractivity contribution in [3.05, 3.63) is 35.9 Å². The summed E-state index contributed by atoms with van der Waals surface area (Å²) < 4.78 is 0. The highest BCUT2D eigenvalue weighted by Crippen LogP contribution is 2.44. The van der Waals surface area contributed by atoms with Crippen LogP contribution in [0, 0.1) is 17.3 Å². The van der Waals surface area contributed by atoms with Gasteiger partial charge in [-0.05, 0) is 38.4 Å². The minimum absolute atomic E-state index is 0.243. The Labute approximate surface area is 158 Å². The van der Waals surface area contributed by atoms with Gasteiger partial charge in [0, 0.05) is 50.6 Å². The Morgan fingerprint density at radius 3 is 2.54 bits per heavy atom. The number of benzene rings is 1. The fraction of sp³-hybridized carbons (Fsp3) is 0.682. The van der Waals surface area contributed by atoms with Crippen molar-refractivity contribution >= 4 is 5.91 Å². The maximum Gasteiger partial charge on any atom is 0.225 e. The van der Waals surface area contributed by atoms with E-state index in [1.54, 1.807) is 0 Å². The quantitative estimate of drug-likeness (QED) is 0.812. The number of hydrogen-bond donors (Lipinski definition) is 0. The lowest BCUT2D eigenvalue weighted by Crippen LogP contribution is -2.43. The first kappa shape index (κ1) is 18.0. The molecule has 1 aliphatic carbocycles. The molecular formula is C22H33N3O. The average molecular weight is 356 g/mol. The standard InChI is InChI=1S/C22H33N3O/c1-23(2)15-22-16-24(12-18-8-4-3-5-9-18)13-20(22)14-25(17-22)21(26)19-10-6-7-11-19/h3-5,8-9,19-20H,6-7,10-17H2,1-2H3/t20-,22+/m1/s1. The first-order valence-corrected chi connectivity index (χ1v) is 10.3. The lowest BCUT2D eigenvalue weighted by atomic mass is 9.80. The van der Waals surface area contributed by atoms with E-state index in [0.29, 0.717) is 17.7 Å². The van der Waals surface area contributed by atoms with Crippen LogP contribution in [0.3, 0.4) is 0 Å². The number of carbonyl (C=O) groups is 1. The summed E-state index contributed by atoms with van der Waals surface area (Å²) in [5.41, 5.74) is 1.64. The molecule has 0 N–H and O–H groups in total. The van der Waals surface area contributed by atoms with Crippen LogP contribution in [-0.4, -0.2) is 67.4 Å². The van der Waals surface area contributed by atoms with Gasteiger partial charge in [-0.25, -0.2) is 0 Å². The highest BCUT2D eigenvalue weighted by molar-refractivity contribution is 5.79. The van der Waals surface area contributed by atoms with Crippen LogP contribution in [0.1, 0.15) is 31.2 Å². The summed E-state index contributed by atoms with van der Waals surface area (Å²) in [4.78, 5) is 20.1. The van der Waals surface area contributed by atoms with Crippen LogP contribution in [0.25, 0.3) is 0 Å². The average Bonchev–Trinajstić information content (AvgIpc) is 3.29. The van der Waals surface area contributed by atoms with Crippen LogP contribution >= 0.6 is 0 Å². The summed E-state index contributed by atoms with van der Waals surface area (Å²) in [7, 11) is 4.35. The topological polar surface area (TPSA) is 26.8 Å². The summed E-state index contributed by atoms with van der Waals surface area (Å²) in [6.45, 7) is 6.27. The van der Waals surface area contributed by atoms with Crippen LogP contribution in [0.2, 0.25) is 0 Å². The molecule has 0 radical (unpaired) electrons. The van der Waals surface area contributed by atoms with Crippen LogP contribution in [0.5, 0.6) is 0 Å². The van der Waals surface area contributed by atoms with E-state index in [9.17, 15) is 4.79 Å². The summed E-state index contributed by atoms with van der Waals surface area (Å²) in [6.07, 6.45) is 4.70. The van der Waals surface area contributed by atoms with Crippen molar-refractivity contribution in [3.63, 3.8) is 0 Å². The maximum atomic E-state index is 13.0. The highest BCUT2D eigenvalue weighted by atomic mass is 16.2. The molecule has 4 rings (SSSR count). The van der Waals surface area contributed by atoms with Gasteiger partial charge in [-0.3, -0.25) is 9.69 Å². The Kier molecular flexibility index (Phi) is 5.07. The summed E-state index contributed by atoms with van der Waals surface area (Å²) in [5.74, 6) is 1.37. The molecule has 2 saturated heterocycles. The number of likely N-dealkylation sites (tertiary alicyclic amines) is 2.